The molecule has 0 spiro atoms. The molecule has 3 heteroatoms. The Morgan fingerprint density at radius 3 is 2.80 bits per heavy atom. The SMILES string of the molecule is OCCCN(CC1CCOc2ccccc21)C1CCC1. The summed E-state index contributed by atoms with van der Waals surface area (Å²) in [5, 5.41) is 9.10. The third-order valence-electron chi connectivity index (χ3n) is 4.73. The van der Waals surface area contributed by atoms with Crippen molar-refractivity contribution in [3.05, 3.63) is 29.8 Å². The minimum absolute atomic E-state index is 0.299. The van der Waals surface area contributed by atoms with Gasteiger partial charge in [0.1, 0.15) is 5.75 Å². The molecule has 0 amide bonds. The lowest BCUT2D eigenvalue weighted by atomic mass is 9.88. The Balaban J connectivity index is 1.68. The molecule has 1 N–H and O–H groups in total. The number of hydrogen-bond donors (Lipinski definition) is 1. The summed E-state index contributed by atoms with van der Waals surface area (Å²) >= 11 is 0. The van der Waals surface area contributed by atoms with Crippen molar-refractivity contribution < 1.29 is 9.84 Å². The molecule has 0 bridgehead atoms. The summed E-state index contributed by atoms with van der Waals surface area (Å²) < 4.78 is 5.76. The van der Waals surface area contributed by atoms with Crippen molar-refractivity contribution in [2.24, 2.45) is 0 Å². The molecule has 1 saturated carbocycles. The zero-order chi connectivity index (χ0) is 13.8. The molecule has 1 atom stereocenters. The van der Waals surface area contributed by atoms with Gasteiger partial charge in [0, 0.05) is 31.7 Å². The fourth-order valence-electron chi connectivity index (χ4n) is 3.34. The molecule has 1 aliphatic heterocycles. The topological polar surface area (TPSA) is 32.7 Å². The lowest BCUT2D eigenvalue weighted by Crippen LogP contribution is -2.43. The molecule has 0 radical (unpaired) electrons. The molecule has 1 unspecified atom stereocenters. The Labute approximate surface area is 121 Å². The normalized spacial score (nSPS) is 22.2. The van der Waals surface area contributed by atoms with Gasteiger partial charge in [0.05, 0.1) is 6.61 Å². The fraction of sp³-hybridized carbons (Fsp3) is 0.647. The maximum Gasteiger partial charge on any atom is 0.122 e. The summed E-state index contributed by atoms with van der Waals surface area (Å²) in [5.74, 6) is 1.65. The maximum absolute atomic E-state index is 9.10. The monoisotopic (exact) mass is 275 g/mol. The molecule has 1 heterocycles. The zero-order valence-corrected chi connectivity index (χ0v) is 12.1. The highest BCUT2D eigenvalue weighted by Gasteiger charge is 2.29. The van der Waals surface area contributed by atoms with Crippen molar-refractivity contribution in [2.45, 2.75) is 44.1 Å². The van der Waals surface area contributed by atoms with Gasteiger partial charge in [-0.2, -0.15) is 0 Å². The molecule has 20 heavy (non-hydrogen) atoms. The van der Waals surface area contributed by atoms with E-state index >= 15 is 0 Å². The van der Waals surface area contributed by atoms with Crippen LogP contribution >= 0.6 is 0 Å². The number of fused-ring (bicyclic) bond motifs is 1. The predicted octanol–water partition coefficient (Wildman–Crippen LogP) is 2.79. The number of benzene rings is 1. The summed E-state index contributed by atoms with van der Waals surface area (Å²) in [6.45, 7) is 3.28. The number of aliphatic hydroxyl groups excluding tert-OH is 1. The predicted molar refractivity (Wildman–Crippen MR) is 80.2 cm³/mol. The molecule has 2 aliphatic rings. The Hall–Kier alpha value is -1.06. The van der Waals surface area contributed by atoms with Gasteiger partial charge in [0.2, 0.25) is 0 Å². The first-order valence-electron chi connectivity index (χ1n) is 7.95. The second-order valence-electron chi connectivity index (χ2n) is 6.03. The highest BCUT2D eigenvalue weighted by molar-refractivity contribution is 5.38. The van der Waals surface area contributed by atoms with E-state index in [0.717, 1.165) is 44.3 Å². The summed E-state index contributed by atoms with van der Waals surface area (Å²) in [4.78, 5) is 2.60. The summed E-state index contributed by atoms with van der Waals surface area (Å²) in [6, 6.07) is 9.21. The molecule has 1 aromatic carbocycles. The minimum atomic E-state index is 0.299. The molecule has 3 nitrogen and oxygen atoms in total. The van der Waals surface area contributed by atoms with Crippen molar-refractivity contribution in [2.75, 3.05) is 26.3 Å². The van der Waals surface area contributed by atoms with Gasteiger partial charge in [-0.25, -0.2) is 0 Å². The summed E-state index contributed by atoms with van der Waals surface area (Å²) in [5.41, 5.74) is 1.37. The number of para-hydroxylation sites is 1. The van der Waals surface area contributed by atoms with E-state index in [0.29, 0.717) is 12.5 Å². The fourth-order valence-corrected chi connectivity index (χ4v) is 3.34. The van der Waals surface area contributed by atoms with Crippen LogP contribution in [0.2, 0.25) is 0 Å². The summed E-state index contributed by atoms with van der Waals surface area (Å²) in [7, 11) is 0. The van der Waals surface area contributed by atoms with Crippen molar-refractivity contribution in [1.82, 2.24) is 4.90 Å². The van der Waals surface area contributed by atoms with E-state index in [2.05, 4.69) is 29.2 Å². The second-order valence-corrected chi connectivity index (χ2v) is 6.03. The molecular formula is C17H25NO2. The second kappa shape index (κ2) is 6.59. The van der Waals surface area contributed by atoms with E-state index in [1.165, 1.54) is 24.8 Å². The van der Waals surface area contributed by atoms with E-state index in [4.69, 9.17) is 9.84 Å². The van der Waals surface area contributed by atoms with Crippen LogP contribution in [0, 0.1) is 0 Å². The van der Waals surface area contributed by atoms with Gasteiger partial charge >= 0.3 is 0 Å². The van der Waals surface area contributed by atoms with Gasteiger partial charge < -0.3 is 9.84 Å². The molecule has 3 rings (SSSR count). The van der Waals surface area contributed by atoms with Crippen LogP contribution in [0.4, 0.5) is 0 Å². The van der Waals surface area contributed by atoms with Crippen LogP contribution in [-0.2, 0) is 0 Å². The largest absolute Gasteiger partial charge is 0.493 e. The third kappa shape index (κ3) is 2.99. The Bertz CT molecular complexity index is 431. The van der Waals surface area contributed by atoms with Gasteiger partial charge in [-0.05, 0) is 37.3 Å². The van der Waals surface area contributed by atoms with Crippen molar-refractivity contribution in [1.29, 1.82) is 0 Å². The smallest absolute Gasteiger partial charge is 0.122 e. The molecule has 110 valence electrons. The quantitative estimate of drug-likeness (QED) is 0.866. The Morgan fingerprint density at radius 1 is 1.20 bits per heavy atom. The van der Waals surface area contributed by atoms with Gasteiger partial charge in [0.25, 0.3) is 0 Å². The van der Waals surface area contributed by atoms with E-state index in [9.17, 15) is 0 Å². The Morgan fingerprint density at radius 2 is 2.05 bits per heavy atom. The lowest BCUT2D eigenvalue weighted by molar-refractivity contribution is 0.102. The first-order chi connectivity index (χ1) is 9.88. The first kappa shape index (κ1) is 13.9. The summed E-state index contributed by atoms with van der Waals surface area (Å²) in [6.07, 6.45) is 6.03. The number of hydrogen-bond acceptors (Lipinski definition) is 3. The van der Waals surface area contributed by atoms with Crippen LogP contribution in [0.25, 0.3) is 0 Å². The van der Waals surface area contributed by atoms with E-state index < -0.39 is 0 Å². The lowest BCUT2D eigenvalue weighted by Gasteiger charge is -2.40. The van der Waals surface area contributed by atoms with E-state index in [1.807, 2.05) is 0 Å². The van der Waals surface area contributed by atoms with Crippen LogP contribution in [0.1, 0.15) is 43.6 Å². The zero-order valence-electron chi connectivity index (χ0n) is 12.1. The molecular weight excluding hydrogens is 250 g/mol. The molecule has 1 aliphatic carbocycles. The minimum Gasteiger partial charge on any atom is -0.493 e. The van der Waals surface area contributed by atoms with E-state index in [1.54, 1.807) is 0 Å². The highest BCUT2D eigenvalue weighted by atomic mass is 16.5. The average molecular weight is 275 g/mol. The van der Waals surface area contributed by atoms with Gasteiger partial charge in [-0.1, -0.05) is 24.6 Å². The van der Waals surface area contributed by atoms with Gasteiger partial charge in [0.15, 0.2) is 0 Å². The number of nitrogens with zero attached hydrogens (tertiary/aromatic N) is 1. The molecule has 1 fully saturated rings. The van der Waals surface area contributed by atoms with Crippen molar-refractivity contribution >= 4 is 0 Å². The molecule has 1 aromatic rings. The van der Waals surface area contributed by atoms with Crippen LogP contribution in [-0.4, -0.2) is 42.4 Å². The standard InChI is InChI=1S/C17H25NO2/c19-11-4-10-18(15-5-3-6-15)13-14-9-12-20-17-8-2-1-7-16(14)17/h1-2,7-8,14-15,19H,3-6,9-13H2. The highest BCUT2D eigenvalue weighted by Crippen LogP contribution is 2.35. The number of aliphatic hydroxyl groups is 1. The molecule has 0 aromatic heterocycles. The average Bonchev–Trinajstić information content (AvgIpc) is 2.43. The third-order valence-corrected chi connectivity index (χ3v) is 4.73. The first-order valence-corrected chi connectivity index (χ1v) is 7.95. The van der Waals surface area contributed by atoms with Crippen LogP contribution in [0.5, 0.6) is 5.75 Å². The maximum atomic E-state index is 9.10. The number of ether oxygens (including phenoxy) is 1. The van der Waals surface area contributed by atoms with Crippen LogP contribution in [0.3, 0.4) is 0 Å². The van der Waals surface area contributed by atoms with Crippen molar-refractivity contribution in [3.8, 4) is 5.75 Å². The number of rotatable bonds is 6. The van der Waals surface area contributed by atoms with Gasteiger partial charge in [-0.15, -0.1) is 0 Å². The van der Waals surface area contributed by atoms with E-state index in [-0.39, 0.29) is 0 Å². The van der Waals surface area contributed by atoms with Gasteiger partial charge in [-0.3, -0.25) is 4.90 Å². The van der Waals surface area contributed by atoms with Crippen LogP contribution < -0.4 is 4.74 Å². The van der Waals surface area contributed by atoms with Crippen molar-refractivity contribution in [3.63, 3.8) is 0 Å². The van der Waals surface area contributed by atoms with Crippen LogP contribution in [0.15, 0.2) is 24.3 Å². The Kier molecular flexibility index (Phi) is 4.58. The molecule has 0 saturated heterocycles.